The number of hydrogen-bond donors (Lipinski definition) is 2. The number of unbranched alkanes of at least 4 members (excludes halogenated alkanes) is 8. The van der Waals surface area contributed by atoms with Crippen LogP contribution in [0.15, 0.2) is 48.5 Å². The van der Waals surface area contributed by atoms with Gasteiger partial charge in [0.15, 0.2) is 0 Å². The smallest absolute Gasteiger partial charge is 0.411 e. The van der Waals surface area contributed by atoms with Crippen LogP contribution >= 0.6 is 0 Å². The zero-order valence-electron chi connectivity index (χ0n) is 21.4. The summed E-state index contributed by atoms with van der Waals surface area (Å²) in [5.41, 5.74) is 3.28. The molecule has 6 nitrogen and oxygen atoms in total. The third-order valence-electron chi connectivity index (χ3n) is 5.85. The molecule has 0 atom stereocenters. The summed E-state index contributed by atoms with van der Waals surface area (Å²) < 4.78 is 10.7. The Morgan fingerprint density at radius 2 is 1.00 bits per heavy atom. The van der Waals surface area contributed by atoms with Gasteiger partial charge in [-0.1, -0.05) is 102 Å². The largest absolute Gasteiger partial charge is 0.449 e. The van der Waals surface area contributed by atoms with E-state index < -0.39 is 12.2 Å². The molecule has 0 fully saturated rings. The molecular formula is C29H42N2O4. The highest BCUT2D eigenvalue weighted by Gasteiger charge is 2.12. The van der Waals surface area contributed by atoms with Crippen molar-refractivity contribution in [3.05, 3.63) is 59.7 Å². The third-order valence-corrected chi connectivity index (χ3v) is 5.85. The molecule has 0 saturated heterocycles. The normalized spacial score (nSPS) is 10.6. The van der Waals surface area contributed by atoms with Crippen LogP contribution in [0, 0.1) is 0 Å². The van der Waals surface area contributed by atoms with Crippen LogP contribution in [0.1, 0.15) is 89.2 Å². The van der Waals surface area contributed by atoms with Crippen molar-refractivity contribution in [2.45, 2.75) is 84.5 Å². The van der Waals surface area contributed by atoms with Gasteiger partial charge in [-0.3, -0.25) is 10.6 Å². The van der Waals surface area contributed by atoms with Crippen molar-refractivity contribution in [3.8, 4) is 0 Å². The van der Waals surface area contributed by atoms with Crippen molar-refractivity contribution in [1.82, 2.24) is 0 Å². The molecule has 2 aromatic rings. The summed E-state index contributed by atoms with van der Waals surface area (Å²) in [6.07, 6.45) is 10.7. The quantitative estimate of drug-likeness (QED) is 0.236. The van der Waals surface area contributed by atoms with Crippen LogP contribution in [-0.2, 0) is 15.9 Å². The van der Waals surface area contributed by atoms with E-state index in [2.05, 4.69) is 24.5 Å². The molecule has 0 saturated carbocycles. The van der Waals surface area contributed by atoms with Crippen LogP contribution in [0.4, 0.5) is 21.0 Å². The summed E-state index contributed by atoms with van der Waals surface area (Å²) in [5, 5.41) is 5.74. The molecule has 0 aromatic heterocycles. The molecule has 6 heteroatoms. The number of benzene rings is 2. The minimum Gasteiger partial charge on any atom is -0.449 e. The summed E-state index contributed by atoms with van der Waals surface area (Å²) in [4.78, 5) is 24.6. The second-order valence-corrected chi connectivity index (χ2v) is 8.84. The monoisotopic (exact) mass is 482 g/mol. The Morgan fingerprint density at radius 1 is 0.600 bits per heavy atom. The van der Waals surface area contributed by atoms with Crippen molar-refractivity contribution < 1.29 is 19.1 Å². The molecule has 0 heterocycles. The highest BCUT2D eigenvalue weighted by atomic mass is 16.6. The lowest BCUT2D eigenvalue weighted by Crippen LogP contribution is -2.17. The van der Waals surface area contributed by atoms with E-state index in [-0.39, 0.29) is 0 Å². The van der Waals surface area contributed by atoms with E-state index in [9.17, 15) is 9.59 Å². The molecule has 0 aliphatic carbocycles. The molecule has 0 aliphatic heterocycles. The predicted octanol–water partition coefficient (Wildman–Crippen LogP) is 8.32. The van der Waals surface area contributed by atoms with E-state index in [1.165, 1.54) is 38.5 Å². The van der Waals surface area contributed by atoms with Crippen molar-refractivity contribution in [2.24, 2.45) is 0 Å². The van der Waals surface area contributed by atoms with Crippen molar-refractivity contribution in [1.29, 1.82) is 0 Å². The van der Waals surface area contributed by atoms with E-state index >= 15 is 0 Å². The SMILES string of the molecule is CCCCCCCOC(=O)Nc1ccccc1Cc1ccccc1NC(=O)OCCCCCCC. The van der Waals surface area contributed by atoms with Gasteiger partial charge in [0, 0.05) is 17.8 Å². The summed E-state index contributed by atoms with van der Waals surface area (Å²) in [6, 6.07) is 15.3. The van der Waals surface area contributed by atoms with Crippen molar-refractivity contribution >= 4 is 23.6 Å². The highest BCUT2D eigenvalue weighted by Crippen LogP contribution is 2.24. The number of carbonyl (C=O) groups excluding carboxylic acids is 2. The molecule has 192 valence electrons. The molecule has 2 N–H and O–H groups in total. The Kier molecular flexibility index (Phi) is 14.0. The average Bonchev–Trinajstić information content (AvgIpc) is 2.86. The van der Waals surface area contributed by atoms with Crippen LogP contribution in [0.25, 0.3) is 0 Å². The number of hydrogen-bond acceptors (Lipinski definition) is 4. The Balaban J connectivity index is 1.88. The van der Waals surface area contributed by atoms with Crippen LogP contribution in [0.5, 0.6) is 0 Å². The van der Waals surface area contributed by atoms with E-state index in [0.29, 0.717) is 31.0 Å². The second-order valence-electron chi connectivity index (χ2n) is 8.84. The van der Waals surface area contributed by atoms with E-state index in [0.717, 1.165) is 36.8 Å². The zero-order valence-corrected chi connectivity index (χ0v) is 21.4. The maximum Gasteiger partial charge on any atom is 0.411 e. The topological polar surface area (TPSA) is 76.7 Å². The number of nitrogens with one attached hydrogen (secondary N) is 2. The van der Waals surface area contributed by atoms with Gasteiger partial charge in [-0.2, -0.15) is 0 Å². The van der Waals surface area contributed by atoms with Gasteiger partial charge in [-0.15, -0.1) is 0 Å². The van der Waals surface area contributed by atoms with E-state index in [1.54, 1.807) is 0 Å². The van der Waals surface area contributed by atoms with Crippen LogP contribution in [-0.4, -0.2) is 25.4 Å². The van der Waals surface area contributed by atoms with Crippen molar-refractivity contribution in [2.75, 3.05) is 23.8 Å². The first-order chi connectivity index (χ1) is 17.1. The number of ether oxygens (including phenoxy) is 2. The molecule has 35 heavy (non-hydrogen) atoms. The second kappa shape index (κ2) is 17.4. The van der Waals surface area contributed by atoms with Crippen molar-refractivity contribution in [3.63, 3.8) is 0 Å². The van der Waals surface area contributed by atoms with Gasteiger partial charge in [0.2, 0.25) is 0 Å². The number of anilines is 2. The van der Waals surface area contributed by atoms with Gasteiger partial charge in [0.25, 0.3) is 0 Å². The maximum atomic E-state index is 12.3. The molecular weight excluding hydrogens is 440 g/mol. The summed E-state index contributed by atoms with van der Waals surface area (Å²) in [7, 11) is 0. The summed E-state index contributed by atoms with van der Waals surface area (Å²) in [6.45, 7) is 5.20. The highest BCUT2D eigenvalue weighted by molar-refractivity contribution is 5.87. The number of carbonyl (C=O) groups is 2. The first-order valence-electron chi connectivity index (χ1n) is 13.2. The fourth-order valence-electron chi connectivity index (χ4n) is 3.83. The molecule has 0 radical (unpaired) electrons. The van der Waals surface area contributed by atoms with Crippen LogP contribution in [0.2, 0.25) is 0 Å². The third kappa shape index (κ3) is 11.8. The average molecular weight is 483 g/mol. The lowest BCUT2D eigenvalue weighted by molar-refractivity contribution is 0.158. The van der Waals surface area contributed by atoms with E-state index in [1.807, 2.05) is 48.5 Å². The van der Waals surface area contributed by atoms with Gasteiger partial charge >= 0.3 is 12.2 Å². The summed E-state index contributed by atoms with van der Waals surface area (Å²) >= 11 is 0. The molecule has 2 amide bonds. The molecule has 2 aromatic carbocycles. The molecule has 0 aliphatic rings. The minimum absolute atomic E-state index is 0.422. The molecule has 0 unspecified atom stereocenters. The number of para-hydroxylation sites is 2. The van der Waals surface area contributed by atoms with Gasteiger partial charge < -0.3 is 9.47 Å². The zero-order chi connectivity index (χ0) is 25.1. The van der Waals surface area contributed by atoms with Gasteiger partial charge in [0.1, 0.15) is 0 Å². The minimum atomic E-state index is -0.443. The first kappa shape index (κ1) is 28.2. The standard InChI is InChI=1S/C29H42N2O4/c1-3-5-7-9-15-21-34-28(32)30-26-19-13-11-17-24(26)23-25-18-12-14-20-27(25)31-29(33)35-22-16-10-8-6-4-2/h11-14,17-20H,3-10,15-16,21-23H2,1-2H3,(H,30,32)(H,31,33). The van der Waals surface area contributed by atoms with Gasteiger partial charge in [-0.05, 0) is 36.1 Å². The number of amides is 2. The van der Waals surface area contributed by atoms with Gasteiger partial charge in [0.05, 0.1) is 13.2 Å². The molecule has 2 rings (SSSR count). The Morgan fingerprint density at radius 3 is 1.43 bits per heavy atom. The first-order valence-corrected chi connectivity index (χ1v) is 13.2. The van der Waals surface area contributed by atoms with Crippen LogP contribution < -0.4 is 10.6 Å². The molecule has 0 bridgehead atoms. The fourth-order valence-corrected chi connectivity index (χ4v) is 3.83. The van der Waals surface area contributed by atoms with E-state index in [4.69, 9.17) is 9.47 Å². The van der Waals surface area contributed by atoms with Gasteiger partial charge in [-0.25, -0.2) is 9.59 Å². The summed E-state index contributed by atoms with van der Waals surface area (Å²) in [5.74, 6) is 0. The Hall–Kier alpha value is -3.02. The maximum absolute atomic E-state index is 12.3. The Labute approximate surface area is 210 Å². The Bertz CT molecular complexity index is 813. The molecule has 0 spiro atoms. The fraction of sp³-hybridized carbons (Fsp3) is 0.517. The lowest BCUT2D eigenvalue weighted by atomic mass is 10.0. The number of rotatable bonds is 16. The van der Waals surface area contributed by atoms with Crippen LogP contribution in [0.3, 0.4) is 0 Å². The lowest BCUT2D eigenvalue weighted by Gasteiger charge is -2.14. The predicted molar refractivity (Wildman–Crippen MR) is 143 cm³/mol.